The lowest BCUT2D eigenvalue weighted by molar-refractivity contribution is 0.467. The van der Waals surface area contributed by atoms with Gasteiger partial charge in [0.1, 0.15) is 0 Å². The Morgan fingerprint density at radius 1 is 1.14 bits per heavy atom. The number of fused-ring (bicyclic) bond motifs is 1. The lowest BCUT2D eigenvalue weighted by atomic mass is 9.87. The van der Waals surface area contributed by atoms with Crippen molar-refractivity contribution in [1.29, 1.82) is 0 Å². The van der Waals surface area contributed by atoms with Crippen LogP contribution in [0.15, 0.2) is 30.4 Å². The smallest absolute Gasteiger partial charge is 0.00549 e. The molecule has 21 heavy (non-hydrogen) atoms. The molecule has 0 bridgehead atoms. The normalized spacial score (nSPS) is 20.5. The number of hydrogen-bond donors (Lipinski definition) is 0. The summed E-state index contributed by atoms with van der Waals surface area (Å²) >= 11 is 0. The Hall–Kier alpha value is -1.30. The van der Waals surface area contributed by atoms with Crippen molar-refractivity contribution in [1.82, 2.24) is 0 Å². The average molecular weight is 282 g/mol. The van der Waals surface area contributed by atoms with E-state index in [-0.39, 0.29) is 0 Å². The number of rotatable bonds is 4. The van der Waals surface area contributed by atoms with Gasteiger partial charge in [0.15, 0.2) is 0 Å². The van der Waals surface area contributed by atoms with Gasteiger partial charge in [0.05, 0.1) is 0 Å². The quantitative estimate of drug-likeness (QED) is 0.568. The Kier molecular flexibility index (Phi) is 5.85. The molecule has 0 N–H and O–H groups in total. The maximum absolute atomic E-state index is 3.89. The van der Waals surface area contributed by atoms with Crippen molar-refractivity contribution < 1.29 is 0 Å². The van der Waals surface area contributed by atoms with Crippen LogP contribution in [0.4, 0.5) is 0 Å². The van der Waals surface area contributed by atoms with Crippen LogP contribution < -0.4 is 0 Å². The summed E-state index contributed by atoms with van der Waals surface area (Å²) in [5, 5.41) is 0. The second-order valence-electron chi connectivity index (χ2n) is 6.26. The van der Waals surface area contributed by atoms with E-state index in [1.807, 2.05) is 19.9 Å². The van der Waals surface area contributed by atoms with Gasteiger partial charge in [-0.2, -0.15) is 0 Å². The first kappa shape index (κ1) is 16.1. The zero-order valence-corrected chi connectivity index (χ0v) is 14.0. The van der Waals surface area contributed by atoms with Crippen LogP contribution in [0.2, 0.25) is 0 Å². The Morgan fingerprint density at radius 3 is 2.52 bits per heavy atom. The molecule has 0 radical (unpaired) electrons. The van der Waals surface area contributed by atoms with E-state index in [1.165, 1.54) is 55.2 Å². The molecule has 1 fully saturated rings. The lowest BCUT2D eigenvalue weighted by Crippen LogP contribution is -2.02. The van der Waals surface area contributed by atoms with Crippen LogP contribution in [0, 0.1) is 5.92 Å². The van der Waals surface area contributed by atoms with Gasteiger partial charge in [-0.1, -0.05) is 82.0 Å². The minimum atomic E-state index is 0.662. The molecule has 0 nitrogen and oxygen atoms in total. The molecular formula is C21H30. The molecule has 1 saturated carbocycles. The monoisotopic (exact) mass is 282 g/mol. The molecule has 0 aliphatic heterocycles. The van der Waals surface area contributed by atoms with Crippen molar-refractivity contribution in [2.45, 2.75) is 65.2 Å². The molecule has 2 aliphatic carbocycles. The van der Waals surface area contributed by atoms with Crippen molar-refractivity contribution in [3.63, 3.8) is 0 Å². The van der Waals surface area contributed by atoms with Gasteiger partial charge in [-0.15, -0.1) is 0 Å². The van der Waals surface area contributed by atoms with E-state index in [0.717, 1.165) is 5.92 Å². The summed E-state index contributed by atoms with van der Waals surface area (Å²) in [5.74, 6) is 1.66. The number of allylic oxidation sites excluding steroid dienone is 1. The predicted molar refractivity (Wildman–Crippen MR) is 95.5 cm³/mol. The number of hydrogen-bond acceptors (Lipinski definition) is 0. The third-order valence-electron chi connectivity index (χ3n) is 4.99. The maximum Gasteiger partial charge on any atom is 0.00549 e. The molecule has 0 saturated heterocycles. The van der Waals surface area contributed by atoms with E-state index in [4.69, 9.17) is 0 Å². The molecule has 2 aliphatic rings. The molecule has 0 amide bonds. The lowest BCUT2D eigenvalue weighted by Gasteiger charge is -2.17. The van der Waals surface area contributed by atoms with E-state index in [2.05, 4.69) is 37.8 Å². The first-order valence-electron chi connectivity index (χ1n) is 8.72. The minimum absolute atomic E-state index is 0.662. The summed E-state index contributed by atoms with van der Waals surface area (Å²) in [6.07, 6.45) is 12.9. The highest BCUT2D eigenvalue weighted by Gasteiger charge is 2.24. The first-order chi connectivity index (χ1) is 10.3. The molecule has 0 heteroatoms. The molecule has 1 aromatic rings. The van der Waals surface area contributed by atoms with Crippen LogP contribution in [-0.4, -0.2) is 0 Å². The van der Waals surface area contributed by atoms with Crippen LogP contribution >= 0.6 is 0 Å². The van der Waals surface area contributed by atoms with Crippen molar-refractivity contribution in [3.05, 3.63) is 47.0 Å². The van der Waals surface area contributed by atoms with Gasteiger partial charge in [0.25, 0.3) is 0 Å². The van der Waals surface area contributed by atoms with Crippen molar-refractivity contribution in [2.24, 2.45) is 5.92 Å². The zero-order valence-electron chi connectivity index (χ0n) is 14.0. The second kappa shape index (κ2) is 7.64. The predicted octanol–water partition coefficient (Wildman–Crippen LogP) is 6.83. The molecule has 1 aromatic carbocycles. The SMILES string of the molecule is C=Cc1ccc2c(c1)C(CCC1CCCC1)C(C)=C2.CC. The van der Waals surface area contributed by atoms with E-state index in [0.29, 0.717) is 5.92 Å². The average Bonchev–Trinajstić information content (AvgIpc) is 3.13. The molecule has 1 atom stereocenters. The van der Waals surface area contributed by atoms with Gasteiger partial charge in [0, 0.05) is 5.92 Å². The summed E-state index contributed by atoms with van der Waals surface area (Å²) in [6.45, 7) is 10.2. The van der Waals surface area contributed by atoms with Crippen LogP contribution in [0.1, 0.15) is 81.9 Å². The van der Waals surface area contributed by atoms with Crippen LogP contribution in [-0.2, 0) is 0 Å². The van der Waals surface area contributed by atoms with Gasteiger partial charge >= 0.3 is 0 Å². The molecule has 114 valence electrons. The summed E-state index contributed by atoms with van der Waals surface area (Å²) < 4.78 is 0. The third-order valence-corrected chi connectivity index (χ3v) is 4.99. The minimum Gasteiger partial charge on any atom is -0.0985 e. The van der Waals surface area contributed by atoms with Crippen LogP contribution in [0.25, 0.3) is 12.2 Å². The molecule has 0 heterocycles. The van der Waals surface area contributed by atoms with E-state index >= 15 is 0 Å². The molecule has 0 aromatic heterocycles. The Balaban J connectivity index is 0.000000774. The summed E-state index contributed by atoms with van der Waals surface area (Å²) in [5.41, 5.74) is 5.77. The van der Waals surface area contributed by atoms with Crippen LogP contribution in [0.3, 0.4) is 0 Å². The Bertz CT molecular complexity index is 501. The van der Waals surface area contributed by atoms with E-state index < -0.39 is 0 Å². The van der Waals surface area contributed by atoms with Crippen molar-refractivity contribution in [3.8, 4) is 0 Å². The highest BCUT2D eigenvalue weighted by molar-refractivity contribution is 5.68. The first-order valence-corrected chi connectivity index (χ1v) is 8.72. The van der Waals surface area contributed by atoms with Crippen molar-refractivity contribution >= 4 is 12.2 Å². The van der Waals surface area contributed by atoms with Gasteiger partial charge in [-0.3, -0.25) is 0 Å². The van der Waals surface area contributed by atoms with Crippen molar-refractivity contribution in [2.75, 3.05) is 0 Å². The highest BCUT2D eigenvalue weighted by Crippen LogP contribution is 2.41. The standard InChI is InChI=1S/C19H24.C2H6/c1-3-15-8-10-17-12-14(2)18(19(17)13-15)11-9-16-6-4-5-7-16;1-2/h3,8,10,12-13,16,18H,1,4-7,9,11H2,2H3;1-2H3. The van der Waals surface area contributed by atoms with Gasteiger partial charge < -0.3 is 0 Å². The summed E-state index contributed by atoms with van der Waals surface area (Å²) in [6, 6.07) is 6.77. The van der Waals surface area contributed by atoms with E-state index in [9.17, 15) is 0 Å². The fourth-order valence-corrected chi connectivity index (χ4v) is 3.83. The van der Waals surface area contributed by atoms with Crippen LogP contribution in [0.5, 0.6) is 0 Å². The zero-order chi connectivity index (χ0) is 15.2. The third kappa shape index (κ3) is 3.67. The second-order valence-corrected chi connectivity index (χ2v) is 6.26. The molecule has 3 rings (SSSR count). The largest absolute Gasteiger partial charge is 0.0985 e. The molecule has 0 spiro atoms. The van der Waals surface area contributed by atoms with E-state index in [1.54, 1.807) is 5.57 Å². The molecular weight excluding hydrogens is 252 g/mol. The fraction of sp³-hybridized carbons (Fsp3) is 0.524. The van der Waals surface area contributed by atoms with Gasteiger partial charge in [0.2, 0.25) is 0 Å². The van der Waals surface area contributed by atoms with Gasteiger partial charge in [-0.05, 0) is 42.4 Å². The topological polar surface area (TPSA) is 0 Å². The summed E-state index contributed by atoms with van der Waals surface area (Å²) in [4.78, 5) is 0. The highest BCUT2D eigenvalue weighted by atomic mass is 14.3. The fourth-order valence-electron chi connectivity index (χ4n) is 3.83. The summed E-state index contributed by atoms with van der Waals surface area (Å²) in [7, 11) is 0. The Morgan fingerprint density at radius 2 is 1.86 bits per heavy atom. The molecule has 1 unspecified atom stereocenters. The number of benzene rings is 1. The van der Waals surface area contributed by atoms with Gasteiger partial charge in [-0.25, -0.2) is 0 Å². The maximum atomic E-state index is 3.89. The Labute approximate surface area is 131 Å².